The van der Waals surface area contributed by atoms with Crippen molar-refractivity contribution in [3.63, 3.8) is 0 Å². The van der Waals surface area contributed by atoms with Crippen molar-refractivity contribution in [3.8, 4) is 0 Å². The summed E-state index contributed by atoms with van der Waals surface area (Å²) in [7, 11) is 1.45. The first-order chi connectivity index (χ1) is 7.04. The first kappa shape index (κ1) is 12.2. The smallest absolute Gasteiger partial charge is 0.309 e. The molecule has 0 spiro atoms. The zero-order chi connectivity index (χ0) is 11.4. The maximum Gasteiger partial charge on any atom is 0.309 e. The normalized spacial score (nSPS) is 27.2. The SMILES string of the molecule is COC(=O)[C@H](C)C1C[C@@H](C=C(C)C)CN1. The Bertz CT molecular complexity index is 256. The molecule has 3 nitrogen and oxygen atoms in total. The molecule has 1 heterocycles. The lowest BCUT2D eigenvalue weighted by Crippen LogP contribution is -2.34. The van der Waals surface area contributed by atoms with Crippen LogP contribution in [0.3, 0.4) is 0 Å². The molecule has 0 saturated carbocycles. The van der Waals surface area contributed by atoms with Crippen molar-refractivity contribution < 1.29 is 9.53 Å². The number of carbonyl (C=O) groups is 1. The van der Waals surface area contributed by atoms with Crippen LogP contribution >= 0.6 is 0 Å². The Morgan fingerprint density at radius 3 is 2.73 bits per heavy atom. The molecule has 86 valence electrons. The summed E-state index contributed by atoms with van der Waals surface area (Å²) in [6.07, 6.45) is 3.30. The van der Waals surface area contributed by atoms with Gasteiger partial charge in [-0.05, 0) is 26.2 Å². The first-order valence-corrected chi connectivity index (χ1v) is 5.50. The second kappa shape index (κ2) is 5.31. The van der Waals surface area contributed by atoms with Crippen LogP contribution in [-0.2, 0) is 9.53 Å². The highest BCUT2D eigenvalue weighted by Crippen LogP contribution is 2.22. The summed E-state index contributed by atoms with van der Waals surface area (Å²) >= 11 is 0. The van der Waals surface area contributed by atoms with Crippen molar-refractivity contribution in [2.24, 2.45) is 11.8 Å². The second-order valence-corrected chi connectivity index (χ2v) is 4.57. The standard InChI is InChI=1S/C12H21NO2/c1-8(2)5-10-6-11(13-7-10)9(3)12(14)15-4/h5,9-11,13H,6-7H2,1-4H3/t9-,10-,11?/m1/s1. The molecule has 1 N–H and O–H groups in total. The maximum atomic E-state index is 11.4. The number of ether oxygens (including phenoxy) is 1. The molecule has 0 aliphatic carbocycles. The summed E-state index contributed by atoms with van der Waals surface area (Å²) < 4.78 is 4.75. The van der Waals surface area contributed by atoms with Crippen LogP contribution in [0.4, 0.5) is 0 Å². The van der Waals surface area contributed by atoms with Crippen molar-refractivity contribution in [3.05, 3.63) is 11.6 Å². The van der Waals surface area contributed by atoms with Crippen molar-refractivity contribution in [1.29, 1.82) is 0 Å². The minimum atomic E-state index is -0.120. The van der Waals surface area contributed by atoms with Crippen LogP contribution in [0.2, 0.25) is 0 Å². The van der Waals surface area contributed by atoms with Crippen LogP contribution in [0, 0.1) is 11.8 Å². The molecule has 1 rings (SSSR count). The average molecular weight is 211 g/mol. The third-order valence-electron chi connectivity index (χ3n) is 2.94. The summed E-state index contributed by atoms with van der Waals surface area (Å²) in [4.78, 5) is 11.4. The van der Waals surface area contributed by atoms with Crippen molar-refractivity contribution >= 4 is 5.97 Å². The molecular formula is C12H21NO2. The fraction of sp³-hybridized carbons (Fsp3) is 0.750. The molecule has 0 radical (unpaired) electrons. The summed E-state index contributed by atoms with van der Waals surface area (Å²) in [5.74, 6) is 0.392. The van der Waals surface area contributed by atoms with E-state index in [1.54, 1.807) is 0 Å². The molecule has 0 aromatic carbocycles. The van der Waals surface area contributed by atoms with Crippen LogP contribution < -0.4 is 5.32 Å². The van der Waals surface area contributed by atoms with Gasteiger partial charge in [-0.1, -0.05) is 18.6 Å². The summed E-state index contributed by atoms with van der Waals surface area (Å²) in [5, 5.41) is 3.38. The van der Waals surface area contributed by atoms with Gasteiger partial charge in [-0.25, -0.2) is 0 Å². The lowest BCUT2D eigenvalue weighted by molar-refractivity contribution is -0.145. The minimum absolute atomic E-state index is 0.0504. The van der Waals surface area contributed by atoms with Gasteiger partial charge in [0.2, 0.25) is 0 Å². The third kappa shape index (κ3) is 3.34. The number of allylic oxidation sites excluding steroid dienone is 1. The van der Waals surface area contributed by atoms with Gasteiger partial charge in [0.05, 0.1) is 13.0 Å². The highest BCUT2D eigenvalue weighted by atomic mass is 16.5. The van der Waals surface area contributed by atoms with E-state index in [1.807, 2.05) is 6.92 Å². The van der Waals surface area contributed by atoms with Gasteiger partial charge < -0.3 is 10.1 Å². The number of nitrogens with one attached hydrogen (secondary N) is 1. The van der Waals surface area contributed by atoms with Gasteiger partial charge >= 0.3 is 5.97 Å². The van der Waals surface area contributed by atoms with Gasteiger partial charge in [-0.3, -0.25) is 4.79 Å². The van der Waals surface area contributed by atoms with Crippen molar-refractivity contribution in [1.82, 2.24) is 5.32 Å². The topological polar surface area (TPSA) is 38.3 Å². The average Bonchev–Trinajstić information content (AvgIpc) is 2.63. The molecule has 0 aromatic rings. The summed E-state index contributed by atoms with van der Waals surface area (Å²) in [5.41, 5.74) is 1.34. The van der Waals surface area contributed by atoms with E-state index >= 15 is 0 Å². The van der Waals surface area contributed by atoms with Crippen LogP contribution in [0.15, 0.2) is 11.6 Å². The molecule has 3 heteroatoms. The fourth-order valence-electron chi connectivity index (χ4n) is 2.13. The molecule has 0 amide bonds. The van der Waals surface area contributed by atoms with E-state index in [0.29, 0.717) is 5.92 Å². The molecule has 1 aliphatic rings. The highest BCUT2D eigenvalue weighted by Gasteiger charge is 2.31. The molecule has 0 bridgehead atoms. The predicted molar refractivity (Wildman–Crippen MR) is 60.5 cm³/mol. The molecule has 3 atom stereocenters. The third-order valence-corrected chi connectivity index (χ3v) is 2.94. The Labute approximate surface area is 91.9 Å². The van der Waals surface area contributed by atoms with Crippen LogP contribution in [0.5, 0.6) is 0 Å². The quantitative estimate of drug-likeness (QED) is 0.571. The van der Waals surface area contributed by atoms with Gasteiger partial charge in [-0.2, -0.15) is 0 Å². The Morgan fingerprint density at radius 2 is 2.20 bits per heavy atom. The lowest BCUT2D eigenvalue weighted by atomic mass is 9.95. The number of esters is 1. The van der Waals surface area contributed by atoms with E-state index in [0.717, 1.165) is 13.0 Å². The van der Waals surface area contributed by atoms with Gasteiger partial charge in [0.25, 0.3) is 0 Å². The Kier molecular flexibility index (Phi) is 4.33. The number of hydrogen-bond donors (Lipinski definition) is 1. The molecule has 1 aliphatic heterocycles. The Morgan fingerprint density at radius 1 is 1.53 bits per heavy atom. The molecule has 1 saturated heterocycles. The highest BCUT2D eigenvalue weighted by molar-refractivity contribution is 5.72. The van der Waals surface area contributed by atoms with Crippen LogP contribution in [-0.4, -0.2) is 25.7 Å². The minimum Gasteiger partial charge on any atom is -0.469 e. The van der Waals surface area contributed by atoms with E-state index < -0.39 is 0 Å². The molecule has 0 aromatic heterocycles. The van der Waals surface area contributed by atoms with Crippen molar-refractivity contribution in [2.75, 3.05) is 13.7 Å². The molecular weight excluding hydrogens is 190 g/mol. The first-order valence-electron chi connectivity index (χ1n) is 5.50. The van der Waals surface area contributed by atoms with E-state index in [1.165, 1.54) is 12.7 Å². The second-order valence-electron chi connectivity index (χ2n) is 4.57. The van der Waals surface area contributed by atoms with E-state index in [4.69, 9.17) is 4.74 Å². The summed E-state index contributed by atoms with van der Waals surface area (Å²) in [6, 6.07) is 0.262. The van der Waals surface area contributed by atoms with Crippen LogP contribution in [0.25, 0.3) is 0 Å². The van der Waals surface area contributed by atoms with E-state index in [9.17, 15) is 4.79 Å². The fourth-order valence-corrected chi connectivity index (χ4v) is 2.13. The summed E-state index contributed by atoms with van der Waals surface area (Å²) in [6.45, 7) is 7.11. The number of methoxy groups -OCH3 is 1. The maximum absolute atomic E-state index is 11.4. The number of carbonyl (C=O) groups excluding carboxylic acids is 1. The van der Waals surface area contributed by atoms with Gasteiger partial charge in [0.1, 0.15) is 0 Å². The van der Waals surface area contributed by atoms with E-state index in [-0.39, 0.29) is 17.9 Å². The van der Waals surface area contributed by atoms with E-state index in [2.05, 4.69) is 25.2 Å². The van der Waals surface area contributed by atoms with Gasteiger partial charge in [0.15, 0.2) is 0 Å². The van der Waals surface area contributed by atoms with Crippen LogP contribution in [0.1, 0.15) is 27.2 Å². The lowest BCUT2D eigenvalue weighted by Gasteiger charge is -2.16. The molecule has 1 unspecified atom stereocenters. The zero-order valence-corrected chi connectivity index (χ0v) is 10.0. The molecule has 1 fully saturated rings. The monoisotopic (exact) mass is 211 g/mol. The predicted octanol–water partition coefficient (Wildman–Crippen LogP) is 1.74. The Balaban J connectivity index is 2.49. The Hall–Kier alpha value is -0.830. The van der Waals surface area contributed by atoms with Gasteiger partial charge in [0, 0.05) is 12.6 Å². The largest absolute Gasteiger partial charge is 0.469 e. The van der Waals surface area contributed by atoms with Crippen molar-refractivity contribution in [2.45, 2.75) is 33.2 Å². The number of rotatable bonds is 3. The van der Waals surface area contributed by atoms with Gasteiger partial charge in [-0.15, -0.1) is 0 Å². The molecule has 15 heavy (non-hydrogen) atoms. The number of hydrogen-bond acceptors (Lipinski definition) is 3. The zero-order valence-electron chi connectivity index (χ0n) is 10.0.